The summed E-state index contributed by atoms with van der Waals surface area (Å²) in [7, 11) is 0. The Labute approximate surface area is 244 Å². The number of pyridine rings is 1. The third-order valence-corrected chi connectivity index (χ3v) is 6.70. The maximum Gasteiger partial charge on any atom is 0.237 e. The molecule has 0 saturated carbocycles. The number of benzene rings is 3. The maximum absolute atomic E-state index is 8.91. The van der Waals surface area contributed by atoms with E-state index in [1.165, 1.54) is 16.7 Å². The van der Waals surface area contributed by atoms with E-state index in [4.69, 9.17) is 10.00 Å². The molecule has 1 aliphatic heterocycles. The van der Waals surface area contributed by atoms with E-state index in [0.717, 1.165) is 61.5 Å². The third-order valence-electron chi connectivity index (χ3n) is 6.70. The van der Waals surface area contributed by atoms with Crippen LogP contribution in [0.3, 0.4) is 0 Å². The first kappa shape index (κ1) is 29.4. The molecule has 1 aliphatic rings. The van der Waals surface area contributed by atoms with Crippen molar-refractivity contribution < 1.29 is 4.74 Å². The number of allylic oxidation sites excluding steroid dienone is 1. The van der Waals surface area contributed by atoms with Crippen LogP contribution in [0, 0.1) is 11.3 Å². The highest BCUT2D eigenvalue weighted by atomic mass is 16.5. The fraction of sp³-hybridized carbons (Fsp3) is 0.257. The van der Waals surface area contributed by atoms with Gasteiger partial charge in [0.05, 0.1) is 23.9 Å². The number of rotatable bonds is 10. The van der Waals surface area contributed by atoms with E-state index in [1.807, 2.05) is 73.8 Å². The summed E-state index contributed by atoms with van der Waals surface area (Å²) in [6, 6.07) is 30.4. The molecule has 0 amide bonds. The van der Waals surface area contributed by atoms with Gasteiger partial charge in [-0.2, -0.15) is 5.26 Å². The Morgan fingerprint density at radius 3 is 2.44 bits per heavy atom. The van der Waals surface area contributed by atoms with Crippen LogP contribution in [0.1, 0.15) is 37.0 Å². The lowest BCUT2D eigenvalue weighted by atomic mass is 9.95. The van der Waals surface area contributed by atoms with Crippen LogP contribution in [0.15, 0.2) is 103 Å². The SMILES string of the molecule is C=C(C)Nc1cccc(-c2cnc3c(c2)NCC(CNCCc2ccc(C#N)cc2)O3)c1CCC.c1ccccc1. The monoisotopic (exact) mass is 545 g/mol. The molecule has 0 fully saturated rings. The van der Waals surface area contributed by atoms with Gasteiger partial charge in [0.1, 0.15) is 6.10 Å². The molecule has 0 bridgehead atoms. The molecule has 210 valence electrons. The molecule has 41 heavy (non-hydrogen) atoms. The summed E-state index contributed by atoms with van der Waals surface area (Å²) in [4.78, 5) is 4.65. The van der Waals surface area contributed by atoms with Crippen molar-refractivity contribution in [3.8, 4) is 23.1 Å². The van der Waals surface area contributed by atoms with Crippen LogP contribution in [-0.4, -0.2) is 30.7 Å². The largest absolute Gasteiger partial charge is 0.470 e. The number of nitrogens with zero attached hydrogens (tertiary/aromatic N) is 2. The number of anilines is 2. The summed E-state index contributed by atoms with van der Waals surface area (Å²) >= 11 is 0. The van der Waals surface area contributed by atoms with E-state index in [9.17, 15) is 0 Å². The maximum atomic E-state index is 8.91. The zero-order chi connectivity index (χ0) is 28.9. The fourth-order valence-corrected chi connectivity index (χ4v) is 4.71. The highest BCUT2D eigenvalue weighted by Gasteiger charge is 2.21. The second-order valence-corrected chi connectivity index (χ2v) is 10.1. The van der Waals surface area contributed by atoms with E-state index >= 15 is 0 Å². The molecular formula is C35H39N5O. The molecule has 0 aliphatic carbocycles. The van der Waals surface area contributed by atoms with E-state index < -0.39 is 0 Å². The molecular weight excluding hydrogens is 506 g/mol. The van der Waals surface area contributed by atoms with Gasteiger partial charge in [-0.1, -0.05) is 80.6 Å². The van der Waals surface area contributed by atoms with Gasteiger partial charge in [-0.3, -0.25) is 0 Å². The van der Waals surface area contributed by atoms with E-state index in [2.05, 4.69) is 64.8 Å². The number of hydrogen-bond donors (Lipinski definition) is 3. The smallest absolute Gasteiger partial charge is 0.237 e. The van der Waals surface area contributed by atoms with Crippen LogP contribution in [-0.2, 0) is 12.8 Å². The molecule has 0 saturated heterocycles. The third kappa shape index (κ3) is 8.69. The molecule has 0 spiro atoms. The molecule has 1 aromatic heterocycles. The zero-order valence-electron chi connectivity index (χ0n) is 24.0. The minimum absolute atomic E-state index is 0.0144. The molecule has 3 aromatic carbocycles. The number of ether oxygens (including phenoxy) is 1. The molecule has 1 unspecified atom stereocenters. The van der Waals surface area contributed by atoms with Crippen molar-refractivity contribution in [1.29, 1.82) is 5.26 Å². The molecule has 1 atom stereocenters. The number of fused-ring (bicyclic) bond motifs is 1. The van der Waals surface area contributed by atoms with E-state index in [-0.39, 0.29) is 6.10 Å². The minimum atomic E-state index is 0.0144. The van der Waals surface area contributed by atoms with Crippen LogP contribution in [0.25, 0.3) is 11.1 Å². The minimum Gasteiger partial charge on any atom is -0.470 e. The first-order valence-electron chi connectivity index (χ1n) is 14.2. The summed E-state index contributed by atoms with van der Waals surface area (Å²) in [5.41, 5.74) is 8.40. The zero-order valence-corrected chi connectivity index (χ0v) is 24.0. The lowest BCUT2D eigenvalue weighted by Gasteiger charge is -2.27. The van der Waals surface area contributed by atoms with Crippen molar-refractivity contribution in [3.63, 3.8) is 0 Å². The summed E-state index contributed by atoms with van der Waals surface area (Å²) in [6.45, 7) is 10.5. The summed E-state index contributed by atoms with van der Waals surface area (Å²) in [5, 5.41) is 19.3. The summed E-state index contributed by atoms with van der Waals surface area (Å²) in [5.74, 6) is 0.646. The number of aromatic nitrogens is 1. The Morgan fingerprint density at radius 2 is 1.78 bits per heavy atom. The molecule has 2 heterocycles. The second-order valence-electron chi connectivity index (χ2n) is 10.1. The fourth-order valence-electron chi connectivity index (χ4n) is 4.71. The van der Waals surface area contributed by atoms with Gasteiger partial charge in [0, 0.05) is 29.7 Å². The Hall–Kier alpha value is -4.60. The molecule has 6 nitrogen and oxygen atoms in total. The summed E-state index contributed by atoms with van der Waals surface area (Å²) < 4.78 is 6.16. The van der Waals surface area contributed by atoms with Gasteiger partial charge < -0.3 is 20.7 Å². The van der Waals surface area contributed by atoms with Crippen molar-refractivity contribution in [2.24, 2.45) is 0 Å². The molecule has 4 aromatic rings. The Bertz CT molecular complexity index is 1420. The van der Waals surface area contributed by atoms with Crippen LogP contribution >= 0.6 is 0 Å². The molecule has 0 radical (unpaired) electrons. The first-order valence-corrected chi connectivity index (χ1v) is 14.2. The van der Waals surface area contributed by atoms with Gasteiger partial charge in [0.2, 0.25) is 5.88 Å². The van der Waals surface area contributed by atoms with Crippen molar-refractivity contribution in [3.05, 3.63) is 120 Å². The lowest BCUT2D eigenvalue weighted by Crippen LogP contribution is -2.40. The predicted molar refractivity (Wildman–Crippen MR) is 169 cm³/mol. The number of nitrogens with one attached hydrogen (secondary N) is 3. The van der Waals surface area contributed by atoms with Crippen molar-refractivity contribution in [1.82, 2.24) is 10.3 Å². The second kappa shape index (κ2) is 15.3. The number of hydrogen-bond acceptors (Lipinski definition) is 6. The lowest BCUT2D eigenvalue weighted by molar-refractivity contribution is 0.194. The summed E-state index contributed by atoms with van der Waals surface area (Å²) in [6.07, 6.45) is 4.86. The average molecular weight is 546 g/mol. The molecule has 6 heteroatoms. The van der Waals surface area contributed by atoms with E-state index in [1.54, 1.807) is 0 Å². The Balaban J connectivity index is 0.000000572. The van der Waals surface area contributed by atoms with Crippen LogP contribution in [0.2, 0.25) is 0 Å². The quantitative estimate of drug-likeness (QED) is 0.183. The van der Waals surface area contributed by atoms with Crippen LogP contribution in [0.4, 0.5) is 11.4 Å². The highest BCUT2D eigenvalue weighted by Crippen LogP contribution is 2.35. The van der Waals surface area contributed by atoms with Crippen molar-refractivity contribution in [2.75, 3.05) is 30.3 Å². The highest BCUT2D eigenvalue weighted by molar-refractivity contribution is 5.77. The van der Waals surface area contributed by atoms with Crippen molar-refractivity contribution in [2.45, 2.75) is 39.2 Å². The van der Waals surface area contributed by atoms with Crippen molar-refractivity contribution >= 4 is 11.4 Å². The van der Waals surface area contributed by atoms with E-state index in [0.29, 0.717) is 11.4 Å². The standard InChI is InChI=1S/C29H33N5O.C6H6/c1-4-6-26-25(7-5-8-27(26)34-20(2)3)23-15-28-29(33-17-23)35-24(19-32-28)18-31-14-13-21-9-11-22(16-30)12-10-21;1-2-4-6-5-3-1/h5,7-12,15,17,24,31-32,34H,2,4,6,13-14,18-19H2,1,3H3;1-6H. The Kier molecular flexibility index (Phi) is 10.9. The van der Waals surface area contributed by atoms with Gasteiger partial charge in [-0.25, -0.2) is 4.98 Å². The normalized spacial score (nSPS) is 13.3. The van der Waals surface area contributed by atoms with Gasteiger partial charge in [-0.15, -0.1) is 0 Å². The van der Waals surface area contributed by atoms with Crippen LogP contribution in [0.5, 0.6) is 5.88 Å². The Morgan fingerprint density at radius 1 is 1.05 bits per heavy atom. The number of nitriles is 1. The van der Waals surface area contributed by atoms with Gasteiger partial charge in [-0.05, 0) is 67.3 Å². The van der Waals surface area contributed by atoms with Gasteiger partial charge >= 0.3 is 0 Å². The average Bonchev–Trinajstić information content (AvgIpc) is 3.01. The van der Waals surface area contributed by atoms with Gasteiger partial charge in [0.25, 0.3) is 0 Å². The van der Waals surface area contributed by atoms with Gasteiger partial charge in [0.15, 0.2) is 0 Å². The molecule has 3 N–H and O–H groups in total. The molecule has 5 rings (SSSR count). The first-order chi connectivity index (χ1) is 20.1. The topological polar surface area (TPSA) is 82.0 Å². The predicted octanol–water partition coefficient (Wildman–Crippen LogP) is 7.21. The van der Waals surface area contributed by atoms with Crippen LogP contribution < -0.4 is 20.7 Å².